The minimum absolute atomic E-state index is 0. The van der Waals surface area contributed by atoms with Gasteiger partial charge in [0.1, 0.15) is 12.4 Å². The number of halogens is 1. The van der Waals surface area contributed by atoms with E-state index in [4.69, 9.17) is 9.73 Å². The van der Waals surface area contributed by atoms with E-state index in [1.165, 1.54) is 11.1 Å². The Morgan fingerprint density at radius 3 is 2.55 bits per heavy atom. The third kappa shape index (κ3) is 6.81. The lowest BCUT2D eigenvalue weighted by Crippen LogP contribution is -2.45. The van der Waals surface area contributed by atoms with Crippen LogP contribution in [0, 0.1) is 6.92 Å². The normalized spacial score (nSPS) is 14.5. The highest BCUT2D eigenvalue weighted by molar-refractivity contribution is 14.0. The molecule has 29 heavy (non-hydrogen) atoms. The molecular formula is C21H31IN6O. The molecule has 0 atom stereocenters. The summed E-state index contributed by atoms with van der Waals surface area (Å²) in [5.74, 6) is 2.68. The van der Waals surface area contributed by atoms with Crippen LogP contribution >= 0.6 is 24.0 Å². The fraction of sp³-hybridized carbons (Fsp3) is 0.476. The van der Waals surface area contributed by atoms with Gasteiger partial charge in [-0.25, -0.2) is 4.99 Å². The van der Waals surface area contributed by atoms with Gasteiger partial charge in [-0.1, -0.05) is 42.0 Å². The van der Waals surface area contributed by atoms with Gasteiger partial charge in [0.2, 0.25) is 0 Å². The first-order chi connectivity index (χ1) is 13.7. The van der Waals surface area contributed by atoms with Gasteiger partial charge in [-0.2, -0.15) is 0 Å². The topological polar surface area (TPSA) is 67.6 Å². The summed E-state index contributed by atoms with van der Waals surface area (Å²) >= 11 is 0. The predicted octanol–water partition coefficient (Wildman–Crippen LogP) is 3.01. The fourth-order valence-electron chi connectivity index (χ4n) is 3.20. The molecule has 1 fully saturated rings. The molecule has 0 amide bonds. The van der Waals surface area contributed by atoms with E-state index in [1.54, 1.807) is 7.11 Å². The predicted molar refractivity (Wildman–Crippen MR) is 127 cm³/mol. The quantitative estimate of drug-likeness (QED) is 0.280. The van der Waals surface area contributed by atoms with E-state index in [0.717, 1.165) is 50.1 Å². The van der Waals surface area contributed by atoms with Gasteiger partial charge in [-0.05, 0) is 25.3 Å². The first-order valence-corrected chi connectivity index (χ1v) is 9.79. The van der Waals surface area contributed by atoms with E-state index < -0.39 is 0 Å². The summed E-state index contributed by atoms with van der Waals surface area (Å²) in [6.07, 6.45) is 4.40. The van der Waals surface area contributed by atoms with E-state index in [9.17, 15) is 0 Å². The van der Waals surface area contributed by atoms with E-state index in [0.29, 0.717) is 13.2 Å². The lowest BCUT2D eigenvalue weighted by atomic mass is 10.0. The van der Waals surface area contributed by atoms with Gasteiger partial charge < -0.3 is 19.5 Å². The van der Waals surface area contributed by atoms with E-state index in [-0.39, 0.29) is 24.0 Å². The van der Waals surface area contributed by atoms with Crippen molar-refractivity contribution in [1.82, 2.24) is 25.0 Å². The molecule has 0 spiro atoms. The van der Waals surface area contributed by atoms with Crippen molar-refractivity contribution in [2.75, 3.05) is 33.4 Å². The van der Waals surface area contributed by atoms with Gasteiger partial charge in [0.25, 0.3) is 0 Å². The second-order valence-electron chi connectivity index (χ2n) is 6.98. The van der Waals surface area contributed by atoms with Crippen LogP contribution in [-0.4, -0.2) is 59.0 Å². The number of likely N-dealkylation sites (tertiary alicyclic amines) is 1. The molecule has 158 valence electrons. The number of nitrogens with one attached hydrogen (secondary N) is 1. The van der Waals surface area contributed by atoms with Gasteiger partial charge in [0.15, 0.2) is 11.8 Å². The Kier molecular flexibility index (Phi) is 9.59. The molecule has 3 rings (SSSR count). The molecule has 1 N–H and O–H groups in total. The number of piperidine rings is 1. The minimum atomic E-state index is 0. The van der Waals surface area contributed by atoms with Gasteiger partial charge >= 0.3 is 0 Å². The number of ether oxygens (including phenoxy) is 1. The van der Waals surface area contributed by atoms with Crippen molar-refractivity contribution in [3.05, 3.63) is 53.1 Å². The Hall–Kier alpha value is -1.94. The van der Waals surface area contributed by atoms with Crippen LogP contribution in [0.15, 0.2) is 40.9 Å². The first-order valence-electron chi connectivity index (χ1n) is 9.79. The van der Waals surface area contributed by atoms with E-state index >= 15 is 0 Å². The number of aromatic nitrogens is 3. The Morgan fingerprint density at radius 1 is 1.21 bits per heavy atom. The summed E-state index contributed by atoms with van der Waals surface area (Å²) in [6, 6.07) is 10.5. The molecule has 0 unspecified atom stereocenters. The Morgan fingerprint density at radius 2 is 1.93 bits per heavy atom. The van der Waals surface area contributed by atoms with Crippen molar-refractivity contribution >= 4 is 36.0 Å². The molecular weight excluding hydrogens is 479 g/mol. The fourth-order valence-corrected chi connectivity index (χ4v) is 3.20. The van der Waals surface area contributed by atoms with Crippen LogP contribution in [0.3, 0.4) is 0 Å². The van der Waals surface area contributed by atoms with E-state index in [1.807, 2.05) is 18.5 Å². The SMILES string of the molecule is COCCNC(=NCc1nnc(C)n1C)N1CCC(=Cc2ccccc2)CC1.I. The van der Waals surface area contributed by atoms with Gasteiger partial charge in [0, 0.05) is 33.8 Å². The zero-order valence-electron chi connectivity index (χ0n) is 17.5. The van der Waals surface area contributed by atoms with Crippen molar-refractivity contribution in [2.24, 2.45) is 12.0 Å². The van der Waals surface area contributed by atoms with Crippen LogP contribution in [0.1, 0.15) is 30.1 Å². The zero-order valence-corrected chi connectivity index (χ0v) is 19.8. The van der Waals surface area contributed by atoms with Gasteiger partial charge in [-0.15, -0.1) is 34.2 Å². The van der Waals surface area contributed by atoms with Crippen molar-refractivity contribution in [2.45, 2.75) is 26.3 Å². The average molecular weight is 510 g/mol. The highest BCUT2D eigenvalue weighted by atomic mass is 127. The van der Waals surface area contributed by atoms with E-state index in [2.05, 4.69) is 56.8 Å². The highest BCUT2D eigenvalue weighted by Crippen LogP contribution is 2.19. The number of hydrogen-bond acceptors (Lipinski definition) is 4. The second-order valence-corrected chi connectivity index (χ2v) is 6.98. The van der Waals surface area contributed by atoms with Gasteiger partial charge in [-0.3, -0.25) is 0 Å². The summed E-state index contributed by atoms with van der Waals surface area (Å²) in [5, 5.41) is 11.8. The summed E-state index contributed by atoms with van der Waals surface area (Å²) < 4.78 is 7.16. The number of benzene rings is 1. The molecule has 0 aliphatic carbocycles. The highest BCUT2D eigenvalue weighted by Gasteiger charge is 2.18. The number of aryl methyl sites for hydroxylation is 1. The number of nitrogens with zero attached hydrogens (tertiary/aromatic N) is 5. The molecule has 2 heterocycles. The Labute approximate surface area is 190 Å². The molecule has 1 aromatic heterocycles. The number of rotatable bonds is 6. The molecule has 7 nitrogen and oxygen atoms in total. The van der Waals surface area contributed by atoms with Crippen LogP contribution in [-0.2, 0) is 18.3 Å². The first kappa shape index (κ1) is 23.3. The van der Waals surface area contributed by atoms with Gasteiger partial charge in [0.05, 0.1) is 6.61 Å². The summed E-state index contributed by atoms with van der Waals surface area (Å²) in [4.78, 5) is 7.13. The monoisotopic (exact) mass is 510 g/mol. The Bertz CT molecular complexity index is 808. The standard InChI is InChI=1S/C21H30N6O.HI/c1-17-24-25-20(26(17)2)16-23-21(22-11-14-28-3)27-12-9-19(10-13-27)15-18-7-5-4-6-8-18;/h4-8,15H,9-14,16H2,1-3H3,(H,22,23);1H. The third-order valence-corrected chi connectivity index (χ3v) is 5.02. The second kappa shape index (κ2) is 11.9. The van der Waals surface area contributed by atoms with Crippen LogP contribution < -0.4 is 5.32 Å². The molecule has 1 aliphatic rings. The summed E-state index contributed by atoms with van der Waals surface area (Å²) in [5.41, 5.74) is 2.76. The minimum Gasteiger partial charge on any atom is -0.383 e. The molecule has 0 bridgehead atoms. The molecule has 1 aromatic carbocycles. The molecule has 8 heteroatoms. The van der Waals surface area contributed by atoms with Crippen molar-refractivity contribution in [3.63, 3.8) is 0 Å². The van der Waals surface area contributed by atoms with Crippen LogP contribution in [0.5, 0.6) is 0 Å². The maximum Gasteiger partial charge on any atom is 0.194 e. The molecule has 0 saturated carbocycles. The summed E-state index contributed by atoms with van der Waals surface area (Å²) in [6.45, 7) is 5.75. The Balaban J connectivity index is 0.00000300. The number of methoxy groups -OCH3 is 1. The van der Waals surface area contributed by atoms with Crippen molar-refractivity contribution < 1.29 is 4.74 Å². The molecule has 2 aromatic rings. The summed E-state index contributed by atoms with van der Waals surface area (Å²) in [7, 11) is 3.68. The average Bonchev–Trinajstić information content (AvgIpc) is 3.04. The van der Waals surface area contributed by atoms with Crippen molar-refractivity contribution in [1.29, 1.82) is 0 Å². The molecule has 0 radical (unpaired) electrons. The molecule has 1 saturated heterocycles. The molecule has 1 aliphatic heterocycles. The lowest BCUT2D eigenvalue weighted by molar-refractivity contribution is 0.202. The zero-order chi connectivity index (χ0) is 19.8. The number of aliphatic imine (C=N–C) groups is 1. The number of guanidine groups is 1. The smallest absolute Gasteiger partial charge is 0.194 e. The maximum absolute atomic E-state index is 5.18. The van der Waals surface area contributed by atoms with Crippen LogP contribution in [0.2, 0.25) is 0 Å². The lowest BCUT2D eigenvalue weighted by Gasteiger charge is -2.31. The largest absolute Gasteiger partial charge is 0.383 e. The van der Waals surface area contributed by atoms with Crippen LogP contribution in [0.25, 0.3) is 6.08 Å². The third-order valence-electron chi connectivity index (χ3n) is 5.02. The van der Waals surface area contributed by atoms with Crippen LogP contribution in [0.4, 0.5) is 0 Å². The maximum atomic E-state index is 5.18. The van der Waals surface area contributed by atoms with Crippen molar-refractivity contribution in [3.8, 4) is 0 Å². The number of hydrogen-bond donors (Lipinski definition) is 1.